The predicted molar refractivity (Wildman–Crippen MR) is 114 cm³/mol. The van der Waals surface area contributed by atoms with Gasteiger partial charge in [-0.1, -0.05) is 18.2 Å². The first kappa shape index (κ1) is 16.8. The molecule has 3 heterocycles. The van der Waals surface area contributed by atoms with Crippen LogP contribution in [-0.4, -0.2) is 27.0 Å². The van der Waals surface area contributed by atoms with Gasteiger partial charge in [-0.25, -0.2) is 4.98 Å². The molecule has 5 heteroatoms. The Hall–Kier alpha value is -3.08. The van der Waals surface area contributed by atoms with Crippen molar-refractivity contribution in [3.63, 3.8) is 0 Å². The number of hydrogen-bond donors (Lipinski definition) is 0. The average Bonchev–Trinajstić information content (AvgIpc) is 3.33. The summed E-state index contributed by atoms with van der Waals surface area (Å²) in [7, 11) is 0. The van der Waals surface area contributed by atoms with Crippen molar-refractivity contribution in [2.45, 2.75) is 38.8 Å². The van der Waals surface area contributed by atoms with Gasteiger partial charge < -0.3 is 13.9 Å². The van der Waals surface area contributed by atoms with Crippen LogP contribution in [0.25, 0.3) is 33.5 Å². The number of aldehydes is 1. The lowest BCUT2D eigenvalue weighted by Gasteiger charge is -2.34. The third-order valence-electron chi connectivity index (χ3n) is 6.24. The average molecular weight is 385 g/mol. The molecular formula is C24H23N3O2. The summed E-state index contributed by atoms with van der Waals surface area (Å²) in [4.78, 5) is 16.5. The summed E-state index contributed by atoms with van der Waals surface area (Å²) in [6, 6.07) is 14.5. The minimum Gasteiger partial charge on any atom is -0.489 e. The number of carbonyl (C=O) groups excluding carboxylic acids is 1. The fraction of sp³-hybridized carbons (Fsp3) is 0.333. The van der Waals surface area contributed by atoms with Gasteiger partial charge in [-0.05, 0) is 56.9 Å². The highest BCUT2D eigenvalue weighted by molar-refractivity contribution is 5.94. The molecule has 0 radical (unpaired) electrons. The molecule has 146 valence electrons. The molecule has 1 saturated carbocycles. The smallest absolute Gasteiger partial charge is 0.158 e. The molecule has 0 atom stereocenters. The fourth-order valence-corrected chi connectivity index (χ4v) is 4.60. The normalized spacial score (nSPS) is 17.6. The second-order valence-corrected chi connectivity index (χ2v) is 9.02. The zero-order chi connectivity index (χ0) is 19.8. The van der Waals surface area contributed by atoms with E-state index >= 15 is 0 Å². The van der Waals surface area contributed by atoms with Gasteiger partial charge in [-0.3, -0.25) is 4.79 Å². The summed E-state index contributed by atoms with van der Waals surface area (Å²) in [5, 5.41) is 1.24. The van der Waals surface area contributed by atoms with E-state index in [1.165, 1.54) is 23.7 Å². The number of ether oxygens (including phenoxy) is 1. The summed E-state index contributed by atoms with van der Waals surface area (Å²) in [6.45, 7) is 5.93. The number of imidazole rings is 1. The van der Waals surface area contributed by atoms with E-state index in [9.17, 15) is 4.79 Å². The van der Waals surface area contributed by atoms with Crippen LogP contribution in [0.3, 0.4) is 0 Å². The lowest BCUT2D eigenvalue weighted by molar-refractivity contribution is 0.112. The lowest BCUT2D eigenvalue weighted by Crippen LogP contribution is -2.37. The van der Waals surface area contributed by atoms with Crippen molar-refractivity contribution in [2.24, 2.45) is 5.92 Å². The summed E-state index contributed by atoms with van der Waals surface area (Å²) >= 11 is 0. The van der Waals surface area contributed by atoms with Crippen LogP contribution in [0.15, 0.2) is 42.5 Å². The quantitative estimate of drug-likeness (QED) is 0.464. The third-order valence-corrected chi connectivity index (χ3v) is 6.24. The van der Waals surface area contributed by atoms with Crippen LogP contribution >= 0.6 is 0 Å². The van der Waals surface area contributed by atoms with Crippen LogP contribution in [0.1, 0.15) is 37.0 Å². The Labute approximate surface area is 168 Å². The van der Waals surface area contributed by atoms with Crippen LogP contribution in [0.4, 0.5) is 0 Å². The minimum absolute atomic E-state index is 0.235. The Morgan fingerprint density at radius 3 is 2.83 bits per heavy atom. The Morgan fingerprint density at radius 1 is 1.21 bits per heavy atom. The predicted octanol–water partition coefficient (Wildman–Crippen LogP) is 5.01. The molecular weight excluding hydrogens is 362 g/mol. The maximum Gasteiger partial charge on any atom is 0.158 e. The highest BCUT2D eigenvalue weighted by Gasteiger charge is 2.35. The van der Waals surface area contributed by atoms with Crippen molar-refractivity contribution < 1.29 is 9.53 Å². The molecule has 0 saturated heterocycles. The fourth-order valence-electron chi connectivity index (χ4n) is 4.60. The van der Waals surface area contributed by atoms with Gasteiger partial charge in [0.1, 0.15) is 24.2 Å². The summed E-state index contributed by atoms with van der Waals surface area (Å²) in [5.41, 5.74) is 4.55. The second-order valence-electron chi connectivity index (χ2n) is 9.02. The molecule has 0 bridgehead atoms. The Bertz CT molecular complexity index is 1290. The van der Waals surface area contributed by atoms with E-state index in [1.54, 1.807) is 0 Å². The topological polar surface area (TPSA) is 49.0 Å². The molecule has 2 aromatic carbocycles. The van der Waals surface area contributed by atoms with Gasteiger partial charge in [0, 0.05) is 23.0 Å². The maximum absolute atomic E-state index is 11.4. The zero-order valence-corrected chi connectivity index (χ0v) is 16.7. The molecule has 1 fully saturated rings. The number of para-hydroxylation sites is 1. The first-order chi connectivity index (χ1) is 14.0. The second kappa shape index (κ2) is 5.72. The van der Waals surface area contributed by atoms with Crippen molar-refractivity contribution >= 4 is 28.2 Å². The molecule has 5 nitrogen and oxygen atoms in total. The van der Waals surface area contributed by atoms with Crippen molar-refractivity contribution in [2.75, 3.05) is 6.61 Å². The molecule has 29 heavy (non-hydrogen) atoms. The number of carbonyl (C=O) groups is 1. The van der Waals surface area contributed by atoms with E-state index in [1.807, 2.05) is 12.1 Å². The highest BCUT2D eigenvalue weighted by atomic mass is 16.5. The summed E-state index contributed by atoms with van der Waals surface area (Å²) in [6.07, 6.45) is 3.46. The van der Waals surface area contributed by atoms with Gasteiger partial charge in [0.2, 0.25) is 0 Å². The van der Waals surface area contributed by atoms with Crippen molar-refractivity contribution in [3.8, 4) is 17.3 Å². The van der Waals surface area contributed by atoms with Crippen LogP contribution in [-0.2, 0) is 12.1 Å². The molecule has 1 aliphatic carbocycles. The first-order valence-electron chi connectivity index (χ1n) is 10.3. The minimum atomic E-state index is -0.235. The summed E-state index contributed by atoms with van der Waals surface area (Å²) in [5.74, 6) is 2.45. The molecule has 0 amide bonds. The lowest BCUT2D eigenvalue weighted by atomic mass is 10.0. The van der Waals surface area contributed by atoms with Crippen LogP contribution < -0.4 is 4.74 Å². The molecule has 2 aromatic heterocycles. The Balaban J connectivity index is 1.69. The highest BCUT2D eigenvalue weighted by Crippen LogP contribution is 2.42. The van der Waals surface area contributed by atoms with E-state index in [2.05, 4.69) is 53.3 Å². The molecule has 0 spiro atoms. The number of aromatic nitrogens is 3. The summed E-state index contributed by atoms with van der Waals surface area (Å²) < 4.78 is 10.8. The van der Waals surface area contributed by atoms with Gasteiger partial charge in [-0.2, -0.15) is 0 Å². The number of hydrogen-bond acceptors (Lipinski definition) is 3. The van der Waals surface area contributed by atoms with Gasteiger partial charge in [0.15, 0.2) is 5.82 Å². The SMILES string of the molecule is CC1(C)COc2cc(C=O)cc3nc(-c4cc5ccccc5n4CC4CC4)n1c23. The van der Waals surface area contributed by atoms with E-state index in [-0.39, 0.29) is 5.54 Å². The van der Waals surface area contributed by atoms with E-state index in [4.69, 9.17) is 9.72 Å². The van der Waals surface area contributed by atoms with Crippen LogP contribution in [0.2, 0.25) is 0 Å². The molecule has 4 aromatic rings. The van der Waals surface area contributed by atoms with Crippen molar-refractivity contribution in [3.05, 3.63) is 48.0 Å². The van der Waals surface area contributed by atoms with Gasteiger partial charge in [0.25, 0.3) is 0 Å². The van der Waals surface area contributed by atoms with Crippen LogP contribution in [0, 0.1) is 5.92 Å². The molecule has 2 aliphatic rings. The monoisotopic (exact) mass is 385 g/mol. The Kier molecular flexibility index (Phi) is 3.32. The van der Waals surface area contributed by atoms with Gasteiger partial charge in [-0.15, -0.1) is 0 Å². The molecule has 1 aliphatic heterocycles. The molecule has 6 rings (SSSR count). The largest absolute Gasteiger partial charge is 0.489 e. The number of nitrogens with zero attached hydrogens (tertiary/aromatic N) is 3. The number of benzene rings is 2. The molecule has 0 N–H and O–H groups in total. The zero-order valence-electron chi connectivity index (χ0n) is 16.7. The van der Waals surface area contributed by atoms with E-state index in [0.717, 1.165) is 47.1 Å². The van der Waals surface area contributed by atoms with Gasteiger partial charge in [0.05, 0.1) is 16.7 Å². The molecule has 0 unspecified atom stereocenters. The first-order valence-corrected chi connectivity index (χ1v) is 10.3. The standard InChI is InChI=1S/C24H23N3O2/c1-24(2)14-29-21-10-16(13-28)9-18-22(21)27(24)23(25-18)20-11-17-5-3-4-6-19(17)26(20)12-15-7-8-15/h3-6,9-11,13,15H,7-8,12,14H2,1-2H3. The van der Waals surface area contributed by atoms with Gasteiger partial charge >= 0.3 is 0 Å². The van der Waals surface area contributed by atoms with E-state index in [0.29, 0.717) is 12.2 Å². The Morgan fingerprint density at radius 2 is 2.03 bits per heavy atom. The van der Waals surface area contributed by atoms with E-state index < -0.39 is 0 Å². The maximum atomic E-state index is 11.4. The number of fused-ring (bicyclic) bond motifs is 1. The third kappa shape index (κ3) is 2.46. The number of rotatable bonds is 4. The van der Waals surface area contributed by atoms with Crippen molar-refractivity contribution in [1.82, 2.24) is 14.1 Å². The van der Waals surface area contributed by atoms with Crippen LogP contribution in [0.5, 0.6) is 5.75 Å². The van der Waals surface area contributed by atoms with Crippen molar-refractivity contribution in [1.29, 1.82) is 0 Å².